The zero-order valence-corrected chi connectivity index (χ0v) is 14.7. The van der Waals surface area contributed by atoms with E-state index < -0.39 is 0 Å². The first-order valence-corrected chi connectivity index (χ1v) is 8.02. The van der Waals surface area contributed by atoms with Crippen LogP contribution in [0.5, 0.6) is 11.5 Å². The largest absolute Gasteiger partial charge is 0.493 e. The molecule has 5 nitrogen and oxygen atoms in total. The van der Waals surface area contributed by atoms with Gasteiger partial charge in [0, 0.05) is 12.6 Å². The molecule has 1 aliphatic heterocycles. The van der Waals surface area contributed by atoms with E-state index in [9.17, 15) is 9.18 Å². The van der Waals surface area contributed by atoms with Gasteiger partial charge in [0.2, 0.25) is 0 Å². The Hall–Kier alpha value is -2.67. The molecule has 0 radical (unpaired) electrons. The Morgan fingerprint density at radius 1 is 1.08 bits per heavy atom. The molecule has 0 bridgehead atoms. The molecule has 130 valence electrons. The molecule has 0 atom stereocenters. The van der Waals surface area contributed by atoms with Crippen molar-refractivity contribution >= 4 is 28.9 Å². The predicted molar refractivity (Wildman–Crippen MR) is 96.4 cm³/mol. The number of carbonyl (C=O) groups is 1. The van der Waals surface area contributed by atoms with Gasteiger partial charge in [0.05, 0.1) is 19.9 Å². The van der Waals surface area contributed by atoms with E-state index in [0.29, 0.717) is 28.8 Å². The topological polar surface area (TPSA) is 42.0 Å². The zero-order valence-electron chi connectivity index (χ0n) is 13.9. The Morgan fingerprint density at radius 3 is 2.40 bits per heavy atom. The van der Waals surface area contributed by atoms with Crippen molar-refractivity contribution in [2.24, 2.45) is 0 Å². The van der Waals surface area contributed by atoms with Crippen molar-refractivity contribution in [3.8, 4) is 11.5 Å². The maximum absolute atomic E-state index is 13.0. The van der Waals surface area contributed by atoms with Crippen LogP contribution in [-0.4, -0.2) is 36.7 Å². The maximum atomic E-state index is 13.0. The third-order valence-electron chi connectivity index (χ3n) is 3.95. The van der Waals surface area contributed by atoms with Crippen molar-refractivity contribution < 1.29 is 18.7 Å². The van der Waals surface area contributed by atoms with Gasteiger partial charge in [0.1, 0.15) is 12.4 Å². The summed E-state index contributed by atoms with van der Waals surface area (Å²) in [6.07, 6.45) is 0. The fourth-order valence-electron chi connectivity index (χ4n) is 2.70. The first-order chi connectivity index (χ1) is 12.0. The van der Waals surface area contributed by atoms with Crippen LogP contribution < -0.4 is 14.4 Å². The van der Waals surface area contributed by atoms with Crippen molar-refractivity contribution in [2.45, 2.75) is 6.54 Å². The van der Waals surface area contributed by atoms with E-state index in [-0.39, 0.29) is 18.3 Å². The molecule has 1 saturated heterocycles. The monoisotopic (exact) mass is 360 g/mol. The molecule has 1 heterocycles. The van der Waals surface area contributed by atoms with Crippen LogP contribution in [-0.2, 0) is 11.3 Å². The molecular formula is C18H17FN2O3S. The molecule has 7 heteroatoms. The minimum atomic E-state index is -0.296. The van der Waals surface area contributed by atoms with Crippen LogP contribution in [0.2, 0.25) is 0 Å². The standard InChI is InChI=1S/C18H17FN2O3S/c1-23-15-8-7-14(9-16(15)24-2)21-17(22)11-20(18(21)25)10-12-3-5-13(19)6-4-12/h3-9H,10-11H2,1-2H3. The van der Waals surface area contributed by atoms with Crippen molar-refractivity contribution in [3.05, 3.63) is 53.8 Å². The van der Waals surface area contributed by atoms with Crippen LogP contribution in [0.15, 0.2) is 42.5 Å². The number of anilines is 1. The molecule has 1 aliphatic rings. The van der Waals surface area contributed by atoms with E-state index in [1.165, 1.54) is 24.1 Å². The molecule has 0 spiro atoms. The summed E-state index contributed by atoms with van der Waals surface area (Å²) in [6, 6.07) is 11.3. The van der Waals surface area contributed by atoms with Gasteiger partial charge in [-0.25, -0.2) is 4.39 Å². The lowest BCUT2D eigenvalue weighted by Gasteiger charge is -2.21. The Bertz CT molecular complexity index is 810. The molecule has 3 rings (SSSR count). The second kappa shape index (κ2) is 7.06. The van der Waals surface area contributed by atoms with Gasteiger partial charge in [-0.05, 0) is 42.0 Å². The van der Waals surface area contributed by atoms with Crippen LogP contribution in [0.4, 0.5) is 10.1 Å². The lowest BCUT2D eigenvalue weighted by Crippen LogP contribution is -2.32. The highest BCUT2D eigenvalue weighted by Crippen LogP contribution is 2.33. The van der Waals surface area contributed by atoms with Crippen molar-refractivity contribution in [1.82, 2.24) is 4.90 Å². The van der Waals surface area contributed by atoms with Gasteiger partial charge in [0.15, 0.2) is 16.6 Å². The minimum absolute atomic E-state index is 0.126. The molecule has 2 aromatic carbocycles. The number of thiocarbonyl (C=S) groups is 1. The molecule has 1 amide bonds. The number of amides is 1. The average Bonchev–Trinajstić information content (AvgIpc) is 2.90. The molecule has 2 aromatic rings. The number of benzene rings is 2. The van der Waals surface area contributed by atoms with Gasteiger partial charge in [-0.1, -0.05) is 12.1 Å². The third-order valence-corrected chi connectivity index (χ3v) is 4.39. The van der Waals surface area contributed by atoms with Crippen molar-refractivity contribution in [3.63, 3.8) is 0 Å². The highest BCUT2D eigenvalue weighted by Gasteiger charge is 2.34. The van der Waals surface area contributed by atoms with Crippen LogP contribution >= 0.6 is 12.2 Å². The average molecular weight is 360 g/mol. The van der Waals surface area contributed by atoms with Gasteiger partial charge in [-0.15, -0.1) is 0 Å². The van der Waals surface area contributed by atoms with Crippen molar-refractivity contribution in [2.75, 3.05) is 25.7 Å². The Balaban J connectivity index is 1.82. The van der Waals surface area contributed by atoms with E-state index >= 15 is 0 Å². The molecule has 0 aliphatic carbocycles. The fourth-order valence-corrected chi connectivity index (χ4v) is 3.04. The van der Waals surface area contributed by atoms with E-state index in [2.05, 4.69) is 0 Å². The number of carbonyl (C=O) groups excluding carboxylic acids is 1. The molecule has 0 saturated carbocycles. The van der Waals surface area contributed by atoms with Gasteiger partial charge in [0.25, 0.3) is 5.91 Å². The molecule has 0 aromatic heterocycles. The first kappa shape index (κ1) is 17.2. The normalized spacial score (nSPS) is 14.2. The summed E-state index contributed by atoms with van der Waals surface area (Å²) >= 11 is 5.47. The van der Waals surface area contributed by atoms with E-state index in [1.54, 1.807) is 42.3 Å². The van der Waals surface area contributed by atoms with Gasteiger partial charge < -0.3 is 14.4 Å². The number of methoxy groups -OCH3 is 2. The number of hydrogen-bond acceptors (Lipinski definition) is 4. The van der Waals surface area contributed by atoms with Crippen molar-refractivity contribution in [1.29, 1.82) is 0 Å². The smallest absolute Gasteiger partial charge is 0.252 e. The summed E-state index contributed by atoms with van der Waals surface area (Å²) in [7, 11) is 3.08. The Morgan fingerprint density at radius 2 is 1.76 bits per heavy atom. The van der Waals surface area contributed by atoms with Crippen LogP contribution in [0.1, 0.15) is 5.56 Å². The van der Waals surface area contributed by atoms with E-state index in [4.69, 9.17) is 21.7 Å². The minimum Gasteiger partial charge on any atom is -0.493 e. The van der Waals surface area contributed by atoms with E-state index in [0.717, 1.165) is 5.56 Å². The number of halogens is 1. The lowest BCUT2D eigenvalue weighted by atomic mass is 10.2. The second-order valence-corrected chi connectivity index (χ2v) is 5.90. The van der Waals surface area contributed by atoms with Gasteiger partial charge >= 0.3 is 0 Å². The lowest BCUT2D eigenvalue weighted by molar-refractivity contribution is -0.116. The highest BCUT2D eigenvalue weighted by atomic mass is 32.1. The molecule has 25 heavy (non-hydrogen) atoms. The maximum Gasteiger partial charge on any atom is 0.252 e. The third kappa shape index (κ3) is 3.41. The summed E-state index contributed by atoms with van der Waals surface area (Å²) < 4.78 is 23.5. The van der Waals surface area contributed by atoms with Crippen LogP contribution in [0.3, 0.4) is 0 Å². The Labute approximate surface area is 150 Å². The Kier molecular flexibility index (Phi) is 4.85. The summed E-state index contributed by atoms with van der Waals surface area (Å²) in [5.41, 5.74) is 1.50. The highest BCUT2D eigenvalue weighted by molar-refractivity contribution is 7.80. The molecule has 1 fully saturated rings. The van der Waals surface area contributed by atoms with Gasteiger partial charge in [-0.2, -0.15) is 0 Å². The molecular weight excluding hydrogens is 343 g/mol. The van der Waals surface area contributed by atoms with Gasteiger partial charge in [-0.3, -0.25) is 9.69 Å². The fraction of sp³-hybridized carbons (Fsp3) is 0.222. The molecule has 0 N–H and O–H groups in total. The zero-order chi connectivity index (χ0) is 18.0. The quantitative estimate of drug-likeness (QED) is 0.767. The first-order valence-electron chi connectivity index (χ1n) is 7.62. The van der Waals surface area contributed by atoms with E-state index in [1.807, 2.05) is 0 Å². The predicted octanol–water partition coefficient (Wildman–Crippen LogP) is 2.98. The number of rotatable bonds is 5. The number of hydrogen-bond donors (Lipinski definition) is 0. The summed E-state index contributed by atoms with van der Waals surface area (Å²) in [6.45, 7) is 0.610. The summed E-state index contributed by atoms with van der Waals surface area (Å²) in [4.78, 5) is 15.7. The second-order valence-electron chi connectivity index (χ2n) is 5.53. The molecule has 0 unspecified atom stereocenters. The SMILES string of the molecule is COc1ccc(N2C(=O)CN(Cc3ccc(F)cc3)C2=S)cc1OC. The van der Waals surface area contributed by atoms with Crippen LogP contribution in [0, 0.1) is 5.82 Å². The summed E-state index contributed by atoms with van der Waals surface area (Å²) in [5, 5.41) is 0.404. The van der Waals surface area contributed by atoms with Crippen LogP contribution in [0.25, 0.3) is 0 Å². The number of nitrogens with zero attached hydrogens (tertiary/aromatic N) is 2. The summed E-state index contributed by atoms with van der Waals surface area (Å²) in [5.74, 6) is 0.676. The number of ether oxygens (including phenoxy) is 2.